The van der Waals surface area contributed by atoms with Crippen LogP contribution in [0.4, 0.5) is 4.79 Å². The number of urea groups is 1. The number of sulfonamides is 1. The van der Waals surface area contributed by atoms with Gasteiger partial charge in [0.15, 0.2) is 0 Å². The summed E-state index contributed by atoms with van der Waals surface area (Å²) in [5.41, 5.74) is 1.69. The molecule has 2 aromatic carbocycles. The fourth-order valence-corrected chi connectivity index (χ4v) is 3.42. The van der Waals surface area contributed by atoms with Crippen molar-refractivity contribution in [3.05, 3.63) is 65.7 Å². The van der Waals surface area contributed by atoms with Crippen molar-refractivity contribution < 1.29 is 13.2 Å². The van der Waals surface area contributed by atoms with E-state index in [9.17, 15) is 13.2 Å². The molecule has 0 spiro atoms. The summed E-state index contributed by atoms with van der Waals surface area (Å²) in [5, 5.41) is 5.48. The van der Waals surface area contributed by atoms with E-state index in [0.29, 0.717) is 12.1 Å². The SMILES string of the molecule is CN(C)S(=O)(=O)c1ccccc1CNC(=O)NCCc1ccccc1. The first-order valence-electron chi connectivity index (χ1n) is 7.97. The van der Waals surface area contributed by atoms with Crippen LogP contribution in [0.2, 0.25) is 0 Å². The van der Waals surface area contributed by atoms with E-state index in [2.05, 4.69) is 10.6 Å². The van der Waals surface area contributed by atoms with Crippen LogP contribution < -0.4 is 10.6 Å². The molecule has 2 N–H and O–H groups in total. The lowest BCUT2D eigenvalue weighted by molar-refractivity contribution is 0.240. The molecule has 25 heavy (non-hydrogen) atoms. The monoisotopic (exact) mass is 361 g/mol. The number of rotatable bonds is 7. The molecule has 0 atom stereocenters. The van der Waals surface area contributed by atoms with Crippen molar-refractivity contribution in [3.63, 3.8) is 0 Å². The quantitative estimate of drug-likeness (QED) is 0.791. The average Bonchev–Trinajstić information content (AvgIpc) is 2.61. The second-order valence-corrected chi connectivity index (χ2v) is 7.86. The van der Waals surface area contributed by atoms with Crippen molar-refractivity contribution in [2.45, 2.75) is 17.9 Å². The van der Waals surface area contributed by atoms with Crippen molar-refractivity contribution >= 4 is 16.1 Å². The smallest absolute Gasteiger partial charge is 0.315 e. The number of nitrogens with zero attached hydrogens (tertiary/aromatic N) is 1. The third-order valence-electron chi connectivity index (χ3n) is 3.71. The summed E-state index contributed by atoms with van der Waals surface area (Å²) >= 11 is 0. The van der Waals surface area contributed by atoms with Gasteiger partial charge in [-0.3, -0.25) is 0 Å². The van der Waals surface area contributed by atoms with Gasteiger partial charge in [0.1, 0.15) is 0 Å². The summed E-state index contributed by atoms with van der Waals surface area (Å²) in [6.07, 6.45) is 0.736. The van der Waals surface area contributed by atoms with Gasteiger partial charge in [-0.05, 0) is 23.6 Å². The summed E-state index contributed by atoms with van der Waals surface area (Å²) in [5.74, 6) is 0. The van der Waals surface area contributed by atoms with Gasteiger partial charge < -0.3 is 10.6 Å². The van der Waals surface area contributed by atoms with Gasteiger partial charge in [0.05, 0.1) is 4.90 Å². The molecule has 6 nitrogen and oxygen atoms in total. The van der Waals surface area contributed by atoms with Crippen LogP contribution in [0.15, 0.2) is 59.5 Å². The normalized spacial score (nSPS) is 11.3. The van der Waals surface area contributed by atoms with E-state index in [0.717, 1.165) is 16.3 Å². The first-order valence-corrected chi connectivity index (χ1v) is 9.41. The second kappa shape index (κ2) is 8.64. The van der Waals surface area contributed by atoms with E-state index in [1.54, 1.807) is 24.3 Å². The Morgan fingerprint density at radius 1 is 0.960 bits per heavy atom. The lowest BCUT2D eigenvalue weighted by atomic mass is 10.1. The third-order valence-corrected chi connectivity index (χ3v) is 5.63. The standard InChI is InChI=1S/C18H23N3O3S/c1-21(2)25(23,24)17-11-7-6-10-16(17)14-20-18(22)19-13-12-15-8-4-3-5-9-15/h3-11H,12-14H2,1-2H3,(H2,19,20,22). The Balaban J connectivity index is 1.90. The zero-order chi connectivity index (χ0) is 18.3. The molecule has 0 saturated heterocycles. The molecule has 0 aromatic heterocycles. The number of carbonyl (C=O) groups excluding carboxylic acids is 1. The maximum Gasteiger partial charge on any atom is 0.315 e. The topological polar surface area (TPSA) is 78.5 Å². The van der Waals surface area contributed by atoms with Crippen LogP contribution in [-0.2, 0) is 23.0 Å². The van der Waals surface area contributed by atoms with Crippen LogP contribution in [0.1, 0.15) is 11.1 Å². The largest absolute Gasteiger partial charge is 0.338 e. The summed E-state index contributed by atoms with van der Waals surface area (Å²) in [6.45, 7) is 0.647. The Hall–Kier alpha value is -2.38. The van der Waals surface area contributed by atoms with Crippen molar-refractivity contribution in [3.8, 4) is 0 Å². The van der Waals surface area contributed by atoms with Gasteiger partial charge in [-0.1, -0.05) is 48.5 Å². The molecule has 134 valence electrons. The molecule has 2 rings (SSSR count). The highest BCUT2D eigenvalue weighted by Gasteiger charge is 2.20. The van der Waals surface area contributed by atoms with Crippen molar-refractivity contribution in [1.82, 2.24) is 14.9 Å². The van der Waals surface area contributed by atoms with Gasteiger partial charge in [-0.25, -0.2) is 17.5 Å². The second-order valence-electron chi connectivity index (χ2n) is 5.74. The zero-order valence-electron chi connectivity index (χ0n) is 14.4. The Labute approximate surface area is 148 Å². The first kappa shape index (κ1) is 19.0. The van der Waals surface area contributed by atoms with Crippen LogP contribution in [-0.4, -0.2) is 39.4 Å². The van der Waals surface area contributed by atoms with Gasteiger partial charge in [0, 0.05) is 27.2 Å². The van der Waals surface area contributed by atoms with E-state index >= 15 is 0 Å². The lowest BCUT2D eigenvalue weighted by Gasteiger charge is -2.15. The molecule has 0 saturated carbocycles. The summed E-state index contributed by atoms with van der Waals surface area (Å²) in [7, 11) is -0.583. The van der Waals surface area contributed by atoms with Crippen molar-refractivity contribution in [1.29, 1.82) is 0 Å². The van der Waals surface area contributed by atoms with Gasteiger partial charge >= 0.3 is 6.03 Å². The molecule has 0 aliphatic heterocycles. The molecule has 0 unspecified atom stereocenters. The molecule has 7 heteroatoms. The van der Waals surface area contributed by atoms with Crippen molar-refractivity contribution in [2.24, 2.45) is 0 Å². The fourth-order valence-electron chi connectivity index (χ4n) is 2.30. The molecule has 0 aliphatic rings. The number of benzene rings is 2. The fraction of sp³-hybridized carbons (Fsp3) is 0.278. The average molecular weight is 361 g/mol. The van der Waals surface area contributed by atoms with Gasteiger partial charge in [0.2, 0.25) is 10.0 Å². The minimum absolute atomic E-state index is 0.139. The molecule has 2 amide bonds. The highest BCUT2D eigenvalue weighted by molar-refractivity contribution is 7.89. The number of nitrogens with one attached hydrogen (secondary N) is 2. The molecule has 0 bridgehead atoms. The maximum atomic E-state index is 12.3. The predicted octanol–water partition coefficient (Wildman–Crippen LogP) is 1.98. The molecule has 0 fully saturated rings. The Bertz CT molecular complexity index is 805. The van der Waals surface area contributed by atoms with Gasteiger partial charge in [-0.15, -0.1) is 0 Å². The van der Waals surface area contributed by atoms with Crippen molar-refractivity contribution in [2.75, 3.05) is 20.6 Å². The molecular formula is C18H23N3O3S. The number of carbonyl (C=O) groups is 1. The van der Waals surface area contributed by atoms with Crippen LogP contribution in [0, 0.1) is 0 Å². The van der Waals surface area contributed by atoms with E-state index in [1.165, 1.54) is 14.1 Å². The Kier molecular flexibility index (Phi) is 6.55. The minimum Gasteiger partial charge on any atom is -0.338 e. The van der Waals surface area contributed by atoms with Gasteiger partial charge in [-0.2, -0.15) is 0 Å². The summed E-state index contributed by atoms with van der Waals surface area (Å²) in [4.78, 5) is 12.1. The van der Waals surface area contributed by atoms with Crippen LogP contribution in [0.5, 0.6) is 0 Å². The maximum absolute atomic E-state index is 12.3. The summed E-state index contributed by atoms with van der Waals surface area (Å²) < 4.78 is 25.8. The number of hydrogen-bond acceptors (Lipinski definition) is 3. The molecule has 2 aromatic rings. The predicted molar refractivity (Wildman–Crippen MR) is 97.7 cm³/mol. The van der Waals surface area contributed by atoms with Gasteiger partial charge in [0.25, 0.3) is 0 Å². The highest BCUT2D eigenvalue weighted by Crippen LogP contribution is 2.18. The number of hydrogen-bond donors (Lipinski definition) is 2. The first-order chi connectivity index (χ1) is 11.9. The number of amides is 2. The minimum atomic E-state index is -3.55. The lowest BCUT2D eigenvalue weighted by Crippen LogP contribution is -2.36. The van der Waals surface area contributed by atoms with E-state index in [-0.39, 0.29) is 17.5 Å². The zero-order valence-corrected chi connectivity index (χ0v) is 15.2. The third kappa shape index (κ3) is 5.30. The molecule has 0 radical (unpaired) electrons. The van der Waals surface area contributed by atoms with E-state index in [1.807, 2.05) is 30.3 Å². The van der Waals surface area contributed by atoms with E-state index < -0.39 is 10.0 Å². The Morgan fingerprint density at radius 3 is 2.28 bits per heavy atom. The van der Waals surface area contributed by atoms with E-state index in [4.69, 9.17) is 0 Å². The highest BCUT2D eigenvalue weighted by atomic mass is 32.2. The molecular weight excluding hydrogens is 338 g/mol. The van der Waals surface area contributed by atoms with Crippen LogP contribution in [0.3, 0.4) is 0 Å². The van der Waals surface area contributed by atoms with Crippen LogP contribution in [0.25, 0.3) is 0 Å². The molecule has 0 heterocycles. The summed E-state index contributed by atoms with van der Waals surface area (Å²) in [6, 6.07) is 16.2. The Morgan fingerprint density at radius 2 is 1.60 bits per heavy atom. The molecule has 0 aliphatic carbocycles. The van der Waals surface area contributed by atoms with Crippen LogP contribution >= 0.6 is 0 Å².